The molecule has 0 aliphatic rings. The fraction of sp³-hybridized carbons (Fsp3) is 0.462. The van der Waals surface area contributed by atoms with E-state index in [2.05, 4.69) is 5.32 Å². The largest absolute Gasteiger partial charge is 0.493 e. The third kappa shape index (κ3) is 4.53. The van der Waals surface area contributed by atoms with E-state index in [-0.39, 0.29) is 11.9 Å². The van der Waals surface area contributed by atoms with Gasteiger partial charge in [-0.25, -0.2) is 0 Å². The molecule has 18 heavy (non-hydrogen) atoms. The normalized spacial score (nSPS) is 10.2. The molecule has 0 radical (unpaired) electrons. The molecule has 3 N–H and O–H groups in total. The molecule has 0 saturated heterocycles. The van der Waals surface area contributed by atoms with Crippen molar-refractivity contribution in [2.75, 3.05) is 19.5 Å². The highest BCUT2D eigenvalue weighted by Gasteiger charge is 2.07. The summed E-state index contributed by atoms with van der Waals surface area (Å²) in [6.07, 6.45) is 0.302. The van der Waals surface area contributed by atoms with E-state index in [0.717, 1.165) is 0 Å². The lowest BCUT2D eigenvalue weighted by Crippen LogP contribution is -2.31. The molecule has 0 atom stereocenters. The van der Waals surface area contributed by atoms with E-state index in [0.29, 0.717) is 30.2 Å². The number of nitrogens with one attached hydrogen (secondary N) is 1. The second-order valence-electron chi connectivity index (χ2n) is 4.23. The zero-order valence-corrected chi connectivity index (χ0v) is 11.0. The highest BCUT2D eigenvalue weighted by Crippen LogP contribution is 2.28. The number of anilines is 1. The van der Waals surface area contributed by atoms with Crippen LogP contribution in [0.3, 0.4) is 0 Å². The van der Waals surface area contributed by atoms with Crippen LogP contribution in [0.2, 0.25) is 0 Å². The first-order chi connectivity index (χ1) is 8.52. The molecular weight excluding hydrogens is 232 g/mol. The van der Waals surface area contributed by atoms with Crippen molar-refractivity contribution in [1.29, 1.82) is 0 Å². The van der Waals surface area contributed by atoms with Crippen molar-refractivity contribution in [3.8, 4) is 11.5 Å². The molecule has 5 heteroatoms. The minimum absolute atomic E-state index is 0.0344. The Bertz CT molecular complexity index is 405. The van der Waals surface area contributed by atoms with E-state index in [1.165, 1.54) is 0 Å². The van der Waals surface area contributed by atoms with Crippen LogP contribution in [-0.2, 0) is 4.79 Å². The third-order valence-electron chi connectivity index (χ3n) is 2.22. The van der Waals surface area contributed by atoms with Gasteiger partial charge in [0.05, 0.1) is 20.1 Å². The number of benzene rings is 1. The van der Waals surface area contributed by atoms with Crippen molar-refractivity contribution >= 4 is 11.6 Å². The third-order valence-corrected chi connectivity index (χ3v) is 2.22. The molecule has 0 aliphatic carbocycles. The lowest BCUT2D eigenvalue weighted by molar-refractivity contribution is -0.122. The molecule has 0 aromatic heterocycles. The molecule has 100 valence electrons. The average Bonchev–Trinajstić information content (AvgIpc) is 2.28. The van der Waals surface area contributed by atoms with Gasteiger partial charge in [-0.1, -0.05) is 0 Å². The summed E-state index contributed by atoms with van der Waals surface area (Å²) in [7, 11) is 1.56. The van der Waals surface area contributed by atoms with Crippen LogP contribution < -0.4 is 20.5 Å². The highest BCUT2D eigenvalue weighted by molar-refractivity contribution is 5.76. The molecule has 1 amide bonds. The minimum atomic E-state index is -0.0344. The summed E-state index contributed by atoms with van der Waals surface area (Å²) in [6, 6.07) is 5.29. The Morgan fingerprint density at radius 2 is 2.11 bits per heavy atom. The zero-order valence-electron chi connectivity index (χ0n) is 11.0. The van der Waals surface area contributed by atoms with Gasteiger partial charge in [-0.2, -0.15) is 0 Å². The first-order valence-electron chi connectivity index (χ1n) is 5.88. The van der Waals surface area contributed by atoms with Gasteiger partial charge in [0.1, 0.15) is 0 Å². The highest BCUT2D eigenvalue weighted by atomic mass is 16.5. The zero-order chi connectivity index (χ0) is 13.5. The number of methoxy groups -OCH3 is 1. The van der Waals surface area contributed by atoms with E-state index in [1.807, 2.05) is 13.8 Å². The number of ether oxygens (including phenoxy) is 2. The Morgan fingerprint density at radius 1 is 1.39 bits per heavy atom. The number of carbonyl (C=O) groups is 1. The maximum Gasteiger partial charge on any atom is 0.223 e. The lowest BCUT2D eigenvalue weighted by atomic mass is 10.3. The van der Waals surface area contributed by atoms with Gasteiger partial charge in [0, 0.05) is 17.8 Å². The Labute approximate surface area is 107 Å². The van der Waals surface area contributed by atoms with Crippen molar-refractivity contribution in [2.45, 2.75) is 26.3 Å². The van der Waals surface area contributed by atoms with E-state index < -0.39 is 0 Å². The summed E-state index contributed by atoms with van der Waals surface area (Å²) < 4.78 is 10.6. The summed E-state index contributed by atoms with van der Waals surface area (Å²) in [5.41, 5.74) is 6.26. The van der Waals surface area contributed by atoms with Gasteiger partial charge < -0.3 is 20.5 Å². The fourth-order valence-electron chi connectivity index (χ4n) is 1.45. The number of amides is 1. The van der Waals surface area contributed by atoms with Crippen LogP contribution in [0.1, 0.15) is 20.3 Å². The number of rotatable bonds is 6. The van der Waals surface area contributed by atoms with E-state index >= 15 is 0 Å². The fourth-order valence-corrected chi connectivity index (χ4v) is 1.45. The molecule has 1 rings (SSSR count). The molecule has 0 aliphatic heterocycles. The molecule has 1 aromatic rings. The van der Waals surface area contributed by atoms with Crippen LogP contribution in [0.15, 0.2) is 18.2 Å². The molecule has 0 spiro atoms. The Balaban J connectivity index is 2.48. The van der Waals surface area contributed by atoms with Gasteiger partial charge in [-0.15, -0.1) is 0 Å². The van der Waals surface area contributed by atoms with Crippen molar-refractivity contribution < 1.29 is 14.3 Å². The smallest absolute Gasteiger partial charge is 0.223 e. The molecule has 0 fully saturated rings. The van der Waals surface area contributed by atoms with Crippen LogP contribution in [0.25, 0.3) is 0 Å². The van der Waals surface area contributed by atoms with Crippen molar-refractivity contribution in [1.82, 2.24) is 5.32 Å². The second-order valence-corrected chi connectivity index (χ2v) is 4.23. The predicted octanol–water partition coefficient (Wildman–Crippen LogP) is 1.57. The Morgan fingerprint density at radius 3 is 2.72 bits per heavy atom. The van der Waals surface area contributed by atoms with Gasteiger partial charge in [-0.05, 0) is 26.0 Å². The summed E-state index contributed by atoms with van der Waals surface area (Å²) in [4.78, 5) is 11.4. The van der Waals surface area contributed by atoms with Crippen LogP contribution in [0.5, 0.6) is 11.5 Å². The molecule has 1 aromatic carbocycles. The molecule has 5 nitrogen and oxygen atoms in total. The molecule has 0 bridgehead atoms. The van der Waals surface area contributed by atoms with Gasteiger partial charge in [0.25, 0.3) is 0 Å². The Kier molecular flexibility index (Phi) is 5.30. The van der Waals surface area contributed by atoms with Crippen molar-refractivity contribution in [3.05, 3.63) is 18.2 Å². The Hall–Kier alpha value is -1.91. The van der Waals surface area contributed by atoms with Gasteiger partial charge >= 0.3 is 0 Å². The first-order valence-corrected chi connectivity index (χ1v) is 5.88. The second kappa shape index (κ2) is 6.74. The summed E-state index contributed by atoms with van der Waals surface area (Å²) in [5.74, 6) is 1.12. The summed E-state index contributed by atoms with van der Waals surface area (Å²) in [6.45, 7) is 4.12. The maximum atomic E-state index is 11.4. The number of nitrogens with two attached hydrogens (primary N) is 1. The first kappa shape index (κ1) is 14.2. The predicted molar refractivity (Wildman–Crippen MR) is 70.8 cm³/mol. The SMILES string of the molecule is COc1ccc(N)cc1OCCC(=O)NC(C)C. The number of carbonyl (C=O) groups excluding carboxylic acids is 1. The number of hydrogen-bond acceptors (Lipinski definition) is 4. The maximum absolute atomic E-state index is 11.4. The van der Waals surface area contributed by atoms with Crippen molar-refractivity contribution in [3.63, 3.8) is 0 Å². The van der Waals surface area contributed by atoms with E-state index in [9.17, 15) is 4.79 Å². The summed E-state index contributed by atoms with van der Waals surface area (Å²) in [5, 5.41) is 2.79. The molecule has 0 saturated carbocycles. The van der Waals surface area contributed by atoms with Crippen LogP contribution in [0.4, 0.5) is 5.69 Å². The van der Waals surface area contributed by atoms with Gasteiger partial charge in [0.2, 0.25) is 5.91 Å². The topological polar surface area (TPSA) is 73.6 Å². The minimum Gasteiger partial charge on any atom is -0.493 e. The standard InChI is InChI=1S/C13H20N2O3/c1-9(2)15-13(16)6-7-18-12-8-10(14)4-5-11(12)17-3/h4-5,8-9H,6-7,14H2,1-3H3,(H,15,16). The molecule has 0 heterocycles. The van der Waals surface area contributed by atoms with Gasteiger partial charge in [-0.3, -0.25) is 4.79 Å². The van der Waals surface area contributed by atoms with Crippen LogP contribution >= 0.6 is 0 Å². The molecule has 0 unspecified atom stereocenters. The van der Waals surface area contributed by atoms with Crippen LogP contribution in [-0.4, -0.2) is 25.7 Å². The quantitative estimate of drug-likeness (QED) is 0.754. The average molecular weight is 252 g/mol. The van der Waals surface area contributed by atoms with Crippen LogP contribution in [0, 0.1) is 0 Å². The van der Waals surface area contributed by atoms with Crippen molar-refractivity contribution in [2.24, 2.45) is 0 Å². The monoisotopic (exact) mass is 252 g/mol. The van der Waals surface area contributed by atoms with E-state index in [1.54, 1.807) is 25.3 Å². The van der Waals surface area contributed by atoms with Gasteiger partial charge in [0.15, 0.2) is 11.5 Å². The van der Waals surface area contributed by atoms with E-state index in [4.69, 9.17) is 15.2 Å². The lowest BCUT2D eigenvalue weighted by Gasteiger charge is -2.12. The number of nitrogen functional groups attached to an aromatic ring is 1. The summed E-state index contributed by atoms with van der Waals surface area (Å²) >= 11 is 0. The molecular formula is C13H20N2O3. The number of hydrogen-bond donors (Lipinski definition) is 2.